The third-order valence-electron chi connectivity index (χ3n) is 5.52. The van der Waals surface area contributed by atoms with Crippen molar-refractivity contribution in [1.82, 2.24) is 25.0 Å². The molecule has 1 saturated heterocycles. The lowest BCUT2D eigenvalue weighted by Gasteiger charge is -2.28. The minimum atomic E-state index is -3.71. The molecule has 0 atom stereocenters. The van der Waals surface area contributed by atoms with Gasteiger partial charge in [-0.25, -0.2) is 23.1 Å². The number of carbonyl (C=O) groups is 1. The number of piperazine rings is 1. The number of carbonyl (C=O) groups excluding carboxylic acids is 1. The molecule has 0 spiro atoms. The quantitative estimate of drug-likeness (QED) is 0.191. The number of hydrogen-bond acceptors (Lipinski definition) is 9. The van der Waals surface area contributed by atoms with Crippen molar-refractivity contribution in [3.8, 4) is 5.88 Å². The van der Waals surface area contributed by atoms with Gasteiger partial charge in [-0.15, -0.1) is 0 Å². The first-order valence-corrected chi connectivity index (χ1v) is 12.6. The van der Waals surface area contributed by atoms with Crippen molar-refractivity contribution in [2.75, 3.05) is 37.6 Å². The van der Waals surface area contributed by atoms with Gasteiger partial charge in [-0.3, -0.25) is 4.99 Å². The Kier molecular flexibility index (Phi) is 7.50. The Morgan fingerprint density at radius 3 is 2.82 bits per heavy atom. The molecule has 0 amide bonds. The summed E-state index contributed by atoms with van der Waals surface area (Å²) in [5, 5.41) is 14.5. The van der Waals surface area contributed by atoms with Gasteiger partial charge in [0.2, 0.25) is 10.0 Å². The number of hydrogen-bond donors (Lipinski definition) is 4. The molecule has 180 valence electrons. The minimum absolute atomic E-state index is 0.0867. The van der Waals surface area contributed by atoms with Gasteiger partial charge in [-0.2, -0.15) is 0 Å². The molecule has 4 rings (SSSR count). The van der Waals surface area contributed by atoms with E-state index in [0.717, 1.165) is 32.5 Å². The van der Waals surface area contributed by atoms with Gasteiger partial charge in [0.05, 0.1) is 21.5 Å². The molecule has 0 unspecified atom stereocenters. The molecule has 1 aliphatic heterocycles. The molecule has 1 aromatic carbocycles. The Balaban J connectivity index is 1.58. The molecule has 3 aromatic rings. The van der Waals surface area contributed by atoms with Crippen molar-refractivity contribution in [2.45, 2.75) is 24.2 Å². The van der Waals surface area contributed by atoms with Crippen LogP contribution in [0.15, 0.2) is 40.5 Å². The predicted molar refractivity (Wildman–Crippen MR) is 129 cm³/mol. The third kappa shape index (κ3) is 5.41. The lowest BCUT2D eigenvalue weighted by Crippen LogP contribution is -2.44. The molecule has 0 radical (unpaired) electrons. The second-order valence-corrected chi connectivity index (χ2v) is 9.63. The number of anilines is 1. The largest absolute Gasteiger partial charge is 0.494 e. The molecule has 0 bridgehead atoms. The summed E-state index contributed by atoms with van der Waals surface area (Å²) in [6, 6.07) is 6.24. The van der Waals surface area contributed by atoms with Crippen LogP contribution in [-0.4, -0.2) is 73.7 Å². The second-order valence-electron chi connectivity index (χ2n) is 7.86. The Morgan fingerprint density at radius 1 is 1.21 bits per heavy atom. The summed E-state index contributed by atoms with van der Waals surface area (Å²) in [5.74, 6) is 0.621. The van der Waals surface area contributed by atoms with Crippen molar-refractivity contribution in [2.24, 2.45) is 4.99 Å². The van der Waals surface area contributed by atoms with Crippen molar-refractivity contribution in [3.63, 3.8) is 0 Å². The second kappa shape index (κ2) is 10.7. The summed E-state index contributed by atoms with van der Waals surface area (Å²) in [7, 11) is -3.71. The van der Waals surface area contributed by atoms with Crippen LogP contribution < -0.4 is 14.9 Å². The maximum atomic E-state index is 12.6. The van der Waals surface area contributed by atoms with E-state index in [1.807, 2.05) is 0 Å². The Labute approximate surface area is 197 Å². The fourth-order valence-corrected chi connectivity index (χ4v) is 4.89. The van der Waals surface area contributed by atoms with Gasteiger partial charge < -0.3 is 25.1 Å². The zero-order valence-corrected chi connectivity index (χ0v) is 19.4. The summed E-state index contributed by atoms with van der Waals surface area (Å²) in [6.45, 7) is 3.46. The van der Waals surface area contributed by atoms with E-state index in [4.69, 9.17) is 0 Å². The molecule has 0 aliphatic carbocycles. The van der Waals surface area contributed by atoms with Crippen LogP contribution in [0.3, 0.4) is 0 Å². The van der Waals surface area contributed by atoms with Crippen molar-refractivity contribution >= 4 is 45.1 Å². The number of nitrogens with zero attached hydrogens (tertiary/aromatic N) is 4. The Hall–Kier alpha value is -3.35. The fourth-order valence-electron chi connectivity index (χ4n) is 3.77. The number of rotatable bonds is 10. The number of unbranched alkanes of at least 4 members (excludes halogenated alkanes) is 2. The number of fused-ring (bicyclic) bond motifs is 1. The molecule has 11 nitrogen and oxygen atoms in total. The molecule has 0 saturated carbocycles. The van der Waals surface area contributed by atoms with Gasteiger partial charge in [0.1, 0.15) is 24.1 Å². The van der Waals surface area contributed by atoms with E-state index in [-0.39, 0.29) is 17.3 Å². The monoisotopic (exact) mass is 485 g/mol. The summed E-state index contributed by atoms with van der Waals surface area (Å²) < 4.78 is 27.7. The summed E-state index contributed by atoms with van der Waals surface area (Å²) in [5.41, 5.74) is 1.35. The number of aromatic amines is 1. The summed E-state index contributed by atoms with van der Waals surface area (Å²) >= 11 is 0. The zero-order chi connectivity index (χ0) is 24.0. The number of aldehydes is 1. The maximum Gasteiger partial charge on any atom is 0.240 e. The van der Waals surface area contributed by atoms with Crippen LogP contribution in [0.1, 0.15) is 24.8 Å². The minimum Gasteiger partial charge on any atom is -0.494 e. The van der Waals surface area contributed by atoms with Crippen LogP contribution in [0.4, 0.5) is 11.5 Å². The number of aliphatic imine (C=N–C) groups is 1. The average Bonchev–Trinajstić information content (AvgIpc) is 3.18. The SMILES string of the molecule is O=CCCCCNS(=O)(=O)c1cccc(N=Cc2c(O)[nH]c3ncnc(N4CCNCC4)c23)c1. The van der Waals surface area contributed by atoms with Crippen molar-refractivity contribution in [3.05, 3.63) is 36.2 Å². The number of sulfonamides is 1. The van der Waals surface area contributed by atoms with E-state index < -0.39 is 10.0 Å². The first-order valence-electron chi connectivity index (χ1n) is 11.1. The Morgan fingerprint density at radius 2 is 2.03 bits per heavy atom. The lowest BCUT2D eigenvalue weighted by atomic mass is 10.2. The maximum absolute atomic E-state index is 12.6. The van der Waals surface area contributed by atoms with Crippen LogP contribution >= 0.6 is 0 Å². The number of aromatic hydroxyl groups is 1. The molecular weight excluding hydrogens is 458 g/mol. The van der Waals surface area contributed by atoms with Crippen LogP contribution in [0.2, 0.25) is 0 Å². The average molecular weight is 486 g/mol. The van der Waals surface area contributed by atoms with Crippen LogP contribution in [0, 0.1) is 0 Å². The number of aromatic nitrogens is 3. The van der Waals surface area contributed by atoms with E-state index in [2.05, 4.69) is 34.9 Å². The zero-order valence-electron chi connectivity index (χ0n) is 18.6. The smallest absolute Gasteiger partial charge is 0.240 e. The molecule has 1 fully saturated rings. The molecule has 2 aromatic heterocycles. The molecule has 1 aliphatic rings. The normalized spacial score (nSPS) is 14.8. The molecule has 3 heterocycles. The first kappa shape index (κ1) is 23.8. The van der Waals surface area contributed by atoms with Crippen LogP contribution in [0.25, 0.3) is 11.0 Å². The highest BCUT2D eigenvalue weighted by atomic mass is 32.2. The Bertz CT molecular complexity index is 1280. The van der Waals surface area contributed by atoms with Gasteiger partial charge in [0.25, 0.3) is 0 Å². The van der Waals surface area contributed by atoms with Crippen molar-refractivity contribution in [1.29, 1.82) is 0 Å². The van der Waals surface area contributed by atoms with E-state index in [1.54, 1.807) is 12.1 Å². The van der Waals surface area contributed by atoms with Gasteiger partial charge in [0, 0.05) is 45.4 Å². The highest BCUT2D eigenvalue weighted by Crippen LogP contribution is 2.32. The van der Waals surface area contributed by atoms with E-state index in [0.29, 0.717) is 47.4 Å². The standard InChI is InChI=1S/C22H27N7O4S/c30-12-3-1-2-7-27-34(32,33)17-6-4-5-16(13-17)24-14-18-19-20(28-22(18)31)25-15-26-21(19)29-10-8-23-9-11-29/h4-6,12-15,23,27,31H,1-3,7-11H2,(H,25,26,28). The lowest BCUT2D eigenvalue weighted by molar-refractivity contribution is -0.107. The number of H-pyrrole nitrogens is 1. The summed E-state index contributed by atoms with van der Waals surface area (Å²) in [6.07, 6.45) is 5.38. The van der Waals surface area contributed by atoms with Gasteiger partial charge >= 0.3 is 0 Å². The van der Waals surface area contributed by atoms with Gasteiger partial charge in [0.15, 0.2) is 5.88 Å². The van der Waals surface area contributed by atoms with E-state index >= 15 is 0 Å². The first-order chi connectivity index (χ1) is 16.5. The van der Waals surface area contributed by atoms with E-state index in [9.17, 15) is 18.3 Å². The van der Waals surface area contributed by atoms with Gasteiger partial charge in [-0.05, 0) is 31.0 Å². The van der Waals surface area contributed by atoms with Crippen LogP contribution in [-0.2, 0) is 14.8 Å². The number of benzene rings is 1. The molecule has 12 heteroatoms. The van der Waals surface area contributed by atoms with E-state index in [1.165, 1.54) is 24.7 Å². The molecule has 34 heavy (non-hydrogen) atoms. The highest BCUT2D eigenvalue weighted by Gasteiger charge is 2.21. The van der Waals surface area contributed by atoms with Crippen LogP contribution in [0.5, 0.6) is 5.88 Å². The fraction of sp³-hybridized carbons (Fsp3) is 0.364. The summed E-state index contributed by atoms with van der Waals surface area (Å²) in [4.78, 5) is 28.5. The number of nitrogens with one attached hydrogen (secondary N) is 3. The molecular formula is C22H27N7O4S. The van der Waals surface area contributed by atoms with Gasteiger partial charge in [-0.1, -0.05) is 6.07 Å². The predicted octanol–water partition coefficient (Wildman–Crippen LogP) is 1.47. The topological polar surface area (TPSA) is 153 Å². The highest BCUT2D eigenvalue weighted by molar-refractivity contribution is 7.89. The van der Waals surface area contributed by atoms with Crippen molar-refractivity contribution < 1.29 is 18.3 Å². The molecule has 4 N–H and O–H groups in total. The third-order valence-corrected chi connectivity index (χ3v) is 6.98.